The Morgan fingerprint density at radius 2 is 1.81 bits per heavy atom. The Labute approximate surface area is 159 Å². The molecule has 2 aromatic rings. The third kappa shape index (κ3) is 3.97. The van der Waals surface area contributed by atoms with Crippen LogP contribution in [0.3, 0.4) is 0 Å². The number of hydrogen-bond acceptors (Lipinski definition) is 4. The number of benzene rings is 2. The van der Waals surface area contributed by atoms with Crippen molar-refractivity contribution in [2.75, 3.05) is 13.0 Å². The smallest absolute Gasteiger partial charge is 0.156 e. The summed E-state index contributed by atoms with van der Waals surface area (Å²) in [5.41, 5.74) is 2.70. The van der Waals surface area contributed by atoms with Crippen LogP contribution in [0.1, 0.15) is 30.7 Å². The van der Waals surface area contributed by atoms with E-state index >= 15 is 0 Å². The average molecular weight is 373 g/mol. The molecule has 0 bridgehead atoms. The molecule has 2 aromatic carbocycles. The quantitative estimate of drug-likeness (QED) is 0.723. The van der Waals surface area contributed by atoms with E-state index in [1.165, 1.54) is 0 Å². The SMILES string of the molecule is COc1ccc(C2OC(C)C(CCCl)=C([O-])N2Cc2ccccc2)cc1. The molecular formula is C21H23ClNO3-. The fraction of sp³-hybridized carbons (Fsp3) is 0.333. The summed E-state index contributed by atoms with van der Waals surface area (Å²) in [7, 11) is 1.63. The molecule has 0 aliphatic carbocycles. The highest BCUT2D eigenvalue weighted by Gasteiger charge is 2.30. The Morgan fingerprint density at radius 1 is 1.12 bits per heavy atom. The minimum absolute atomic E-state index is 0.00840. The summed E-state index contributed by atoms with van der Waals surface area (Å²) in [4.78, 5) is 1.78. The molecule has 1 aliphatic heterocycles. The Bertz CT molecular complexity index is 746. The van der Waals surface area contributed by atoms with Crippen LogP contribution in [0, 0.1) is 0 Å². The van der Waals surface area contributed by atoms with Gasteiger partial charge in [0.2, 0.25) is 0 Å². The van der Waals surface area contributed by atoms with Gasteiger partial charge in [0, 0.05) is 18.0 Å². The highest BCUT2D eigenvalue weighted by atomic mass is 35.5. The standard InChI is InChI=1S/C21H24ClNO3/c1-15-19(12-13-22)20(24)23(14-16-6-4-3-5-7-16)21(26-15)17-8-10-18(25-2)11-9-17/h3-11,15,21,24H,12-14H2,1-2H3/p-1. The molecule has 0 radical (unpaired) electrons. The van der Waals surface area contributed by atoms with E-state index in [1.54, 1.807) is 12.0 Å². The summed E-state index contributed by atoms with van der Waals surface area (Å²) in [6.45, 7) is 2.39. The van der Waals surface area contributed by atoms with Crippen molar-refractivity contribution in [3.05, 3.63) is 77.2 Å². The highest BCUT2D eigenvalue weighted by Crippen LogP contribution is 2.36. The van der Waals surface area contributed by atoms with Gasteiger partial charge in [-0.3, -0.25) is 0 Å². The Hall–Kier alpha value is -2.17. The molecule has 0 spiro atoms. The molecule has 0 fully saturated rings. The molecule has 138 valence electrons. The van der Waals surface area contributed by atoms with Crippen LogP contribution in [0.2, 0.25) is 0 Å². The molecule has 0 N–H and O–H groups in total. The first-order chi connectivity index (χ1) is 12.6. The molecule has 0 amide bonds. The molecule has 2 atom stereocenters. The Kier molecular flexibility index (Phi) is 6.07. The maximum Gasteiger partial charge on any atom is 0.156 e. The Balaban J connectivity index is 1.97. The summed E-state index contributed by atoms with van der Waals surface area (Å²) in [6, 6.07) is 17.6. The summed E-state index contributed by atoms with van der Waals surface area (Å²) in [5.74, 6) is 1.18. The van der Waals surface area contributed by atoms with Crippen molar-refractivity contribution in [3.63, 3.8) is 0 Å². The topological polar surface area (TPSA) is 44.8 Å². The molecule has 5 heteroatoms. The van der Waals surface area contributed by atoms with Crippen LogP contribution in [0.25, 0.3) is 0 Å². The molecule has 4 nitrogen and oxygen atoms in total. The van der Waals surface area contributed by atoms with Crippen molar-refractivity contribution in [1.29, 1.82) is 0 Å². The zero-order chi connectivity index (χ0) is 18.5. The first-order valence-electron chi connectivity index (χ1n) is 8.70. The van der Waals surface area contributed by atoms with Crippen LogP contribution in [0.5, 0.6) is 5.75 Å². The van der Waals surface area contributed by atoms with E-state index in [2.05, 4.69) is 0 Å². The second-order valence-electron chi connectivity index (χ2n) is 6.29. The average Bonchev–Trinajstić information content (AvgIpc) is 2.68. The number of ether oxygens (including phenoxy) is 2. The first-order valence-corrected chi connectivity index (χ1v) is 9.23. The van der Waals surface area contributed by atoms with E-state index in [1.807, 2.05) is 61.5 Å². The van der Waals surface area contributed by atoms with Crippen molar-refractivity contribution in [3.8, 4) is 5.75 Å². The third-order valence-corrected chi connectivity index (χ3v) is 4.79. The number of methoxy groups -OCH3 is 1. The highest BCUT2D eigenvalue weighted by molar-refractivity contribution is 6.18. The van der Waals surface area contributed by atoms with Gasteiger partial charge in [-0.25, -0.2) is 0 Å². The number of halogens is 1. The van der Waals surface area contributed by atoms with Gasteiger partial charge < -0.3 is 19.5 Å². The summed E-state index contributed by atoms with van der Waals surface area (Å²) in [6.07, 6.45) is -0.176. The predicted octanol–water partition coefficient (Wildman–Crippen LogP) is 3.82. The van der Waals surface area contributed by atoms with Crippen LogP contribution in [0.4, 0.5) is 0 Å². The lowest BCUT2D eigenvalue weighted by Crippen LogP contribution is -2.43. The molecule has 26 heavy (non-hydrogen) atoms. The summed E-state index contributed by atoms with van der Waals surface area (Å²) in [5, 5.41) is 13.2. The van der Waals surface area contributed by atoms with Crippen LogP contribution < -0.4 is 9.84 Å². The van der Waals surface area contributed by atoms with E-state index in [0.717, 1.165) is 22.4 Å². The van der Waals surface area contributed by atoms with Crippen LogP contribution in [-0.2, 0) is 11.3 Å². The molecule has 1 heterocycles. The van der Waals surface area contributed by atoms with Crippen LogP contribution in [-0.4, -0.2) is 24.0 Å². The fourth-order valence-corrected chi connectivity index (χ4v) is 3.39. The zero-order valence-corrected chi connectivity index (χ0v) is 15.8. The number of nitrogens with zero attached hydrogens (tertiary/aromatic N) is 1. The zero-order valence-electron chi connectivity index (χ0n) is 15.0. The van der Waals surface area contributed by atoms with Crippen molar-refractivity contribution >= 4 is 11.6 Å². The van der Waals surface area contributed by atoms with Crippen LogP contribution in [0.15, 0.2) is 66.1 Å². The van der Waals surface area contributed by atoms with E-state index in [9.17, 15) is 5.11 Å². The van der Waals surface area contributed by atoms with E-state index in [4.69, 9.17) is 21.1 Å². The maximum atomic E-state index is 13.2. The predicted molar refractivity (Wildman–Crippen MR) is 101 cm³/mol. The summed E-state index contributed by atoms with van der Waals surface area (Å²) < 4.78 is 11.5. The lowest BCUT2D eigenvalue weighted by Gasteiger charge is -2.46. The second-order valence-corrected chi connectivity index (χ2v) is 6.66. The summed E-state index contributed by atoms with van der Waals surface area (Å²) >= 11 is 5.90. The van der Waals surface area contributed by atoms with Gasteiger partial charge >= 0.3 is 0 Å². The second kappa shape index (κ2) is 8.47. The fourth-order valence-electron chi connectivity index (χ4n) is 3.19. The van der Waals surface area contributed by atoms with E-state index < -0.39 is 6.23 Å². The van der Waals surface area contributed by atoms with Gasteiger partial charge in [-0.15, -0.1) is 11.6 Å². The molecule has 0 aromatic heterocycles. The van der Waals surface area contributed by atoms with Gasteiger partial charge in [0.25, 0.3) is 0 Å². The molecular weight excluding hydrogens is 350 g/mol. The van der Waals surface area contributed by atoms with Gasteiger partial charge in [0.05, 0.1) is 13.2 Å². The van der Waals surface area contributed by atoms with E-state index in [-0.39, 0.29) is 12.0 Å². The molecule has 2 unspecified atom stereocenters. The monoisotopic (exact) mass is 372 g/mol. The van der Waals surface area contributed by atoms with Gasteiger partial charge in [0.15, 0.2) is 6.23 Å². The lowest BCUT2D eigenvalue weighted by molar-refractivity contribution is -0.357. The normalized spacial score (nSPS) is 20.3. The maximum absolute atomic E-state index is 13.2. The van der Waals surface area contributed by atoms with Crippen molar-refractivity contribution in [2.45, 2.75) is 32.2 Å². The van der Waals surface area contributed by atoms with Crippen molar-refractivity contribution < 1.29 is 14.6 Å². The third-order valence-electron chi connectivity index (χ3n) is 4.60. The first kappa shape index (κ1) is 18.6. The number of alkyl halides is 1. The lowest BCUT2D eigenvalue weighted by atomic mass is 10.0. The Morgan fingerprint density at radius 3 is 2.42 bits per heavy atom. The largest absolute Gasteiger partial charge is 0.860 e. The molecule has 0 saturated heterocycles. The number of rotatable bonds is 6. The van der Waals surface area contributed by atoms with E-state index in [0.29, 0.717) is 18.8 Å². The molecule has 0 saturated carbocycles. The van der Waals surface area contributed by atoms with Crippen molar-refractivity contribution in [1.82, 2.24) is 4.90 Å². The van der Waals surface area contributed by atoms with Gasteiger partial charge in [0.1, 0.15) is 5.75 Å². The molecule has 1 aliphatic rings. The van der Waals surface area contributed by atoms with Crippen LogP contribution >= 0.6 is 11.6 Å². The van der Waals surface area contributed by atoms with Gasteiger partial charge in [-0.2, -0.15) is 0 Å². The van der Waals surface area contributed by atoms with Gasteiger partial charge in [-0.1, -0.05) is 42.5 Å². The molecule has 3 rings (SSSR count). The van der Waals surface area contributed by atoms with Crippen molar-refractivity contribution in [2.24, 2.45) is 0 Å². The number of hydrogen-bond donors (Lipinski definition) is 0. The minimum atomic E-state index is -0.442. The minimum Gasteiger partial charge on any atom is -0.860 e. The van der Waals surface area contributed by atoms with Gasteiger partial charge in [-0.05, 0) is 42.5 Å².